The van der Waals surface area contributed by atoms with Crippen molar-refractivity contribution in [1.29, 1.82) is 0 Å². The zero-order valence-corrected chi connectivity index (χ0v) is 17.8. The number of carbonyl (C=O) groups excluding carboxylic acids is 1. The lowest BCUT2D eigenvalue weighted by molar-refractivity contribution is -0.118. The minimum absolute atomic E-state index is 0.218. The van der Waals surface area contributed by atoms with Crippen molar-refractivity contribution >= 4 is 27.3 Å². The summed E-state index contributed by atoms with van der Waals surface area (Å²) in [6.07, 6.45) is 1.86. The van der Waals surface area contributed by atoms with Gasteiger partial charge in [0, 0.05) is 12.2 Å². The first-order chi connectivity index (χ1) is 13.7. The summed E-state index contributed by atoms with van der Waals surface area (Å²) in [5.41, 5.74) is 2.91. The molecule has 1 saturated heterocycles. The van der Waals surface area contributed by atoms with E-state index in [1.807, 2.05) is 32.0 Å². The van der Waals surface area contributed by atoms with Gasteiger partial charge >= 0.3 is 0 Å². The lowest BCUT2D eigenvalue weighted by Gasteiger charge is -2.27. The van der Waals surface area contributed by atoms with Crippen molar-refractivity contribution in [2.75, 3.05) is 22.8 Å². The highest BCUT2D eigenvalue weighted by atomic mass is 32.2. The van der Waals surface area contributed by atoms with Crippen LogP contribution in [0.4, 0.5) is 11.4 Å². The SMILES string of the molecule is C=CCOc1ccc(NC(=O)[C@@]2(C)CCN(c3c(C)cccc3C)S2(=O)=O)cc1. The lowest BCUT2D eigenvalue weighted by Crippen LogP contribution is -2.47. The highest BCUT2D eigenvalue weighted by Gasteiger charge is 2.55. The van der Waals surface area contributed by atoms with Gasteiger partial charge in [0.1, 0.15) is 12.4 Å². The van der Waals surface area contributed by atoms with Crippen molar-refractivity contribution in [3.8, 4) is 5.75 Å². The summed E-state index contributed by atoms with van der Waals surface area (Å²) in [5.74, 6) is 0.106. The van der Waals surface area contributed by atoms with Gasteiger partial charge in [-0.1, -0.05) is 30.9 Å². The standard InChI is InChI=1S/C22H26N2O4S/c1-5-15-28-19-11-9-18(10-12-19)23-21(25)22(4)13-14-24(29(22,26)27)20-16(2)7-6-8-17(20)3/h5-12H,1,13-15H2,2-4H3,(H,23,25)/t22-/m1/s1. The molecule has 1 atom stereocenters. The molecular weight excluding hydrogens is 388 g/mol. The third-order valence-electron chi connectivity index (χ3n) is 5.30. The summed E-state index contributed by atoms with van der Waals surface area (Å²) in [6.45, 7) is 9.50. The molecular formula is C22H26N2O4S. The fraction of sp³-hybridized carbons (Fsp3) is 0.318. The highest BCUT2D eigenvalue weighted by molar-refractivity contribution is 7.95. The molecule has 1 fully saturated rings. The Bertz CT molecular complexity index is 1010. The molecule has 0 saturated carbocycles. The Hall–Kier alpha value is -2.80. The second-order valence-corrected chi connectivity index (χ2v) is 9.67. The van der Waals surface area contributed by atoms with Crippen LogP contribution in [0.15, 0.2) is 55.1 Å². The van der Waals surface area contributed by atoms with Gasteiger partial charge in [-0.2, -0.15) is 0 Å². The van der Waals surface area contributed by atoms with Crippen molar-refractivity contribution in [3.05, 3.63) is 66.2 Å². The monoisotopic (exact) mass is 414 g/mol. The van der Waals surface area contributed by atoms with Gasteiger partial charge in [0.05, 0.1) is 5.69 Å². The van der Waals surface area contributed by atoms with Gasteiger partial charge in [-0.05, 0) is 62.6 Å². The molecule has 0 bridgehead atoms. The normalized spacial score (nSPS) is 20.3. The van der Waals surface area contributed by atoms with Crippen LogP contribution in [-0.2, 0) is 14.8 Å². The van der Waals surface area contributed by atoms with Crippen LogP contribution in [-0.4, -0.2) is 32.2 Å². The molecule has 1 N–H and O–H groups in total. The summed E-state index contributed by atoms with van der Waals surface area (Å²) in [6, 6.07) is 12.5. The number of nitrogens with zero attached hydrogens (tertiary/aromatic N) is 1. The van der Waals surface area contributed by atoms with Crippen molar-refractivity contribution in [1.82, 2.24) is 0 Å². The molecule has 0 unspecified atom stereocenters. The number of nitrogens with one attached hydrogen (secondary N) is 1. The van der Waals surface area contributed by atoms with Gasteiger partial charge in [0.2, 0.25) is 15.9 Å². The summed E-state index contributed by atoms with van der Waals surface area (Å²) >= 11 is 0. The molecule has 29 heavy (non-hydrogen) atoms. The third-order valence-corrected chi connectivity index (χ3v) is 7.77. The molecule has 154 valence electrons. The molecule has 2 aromatic carbocycles. The van der Waals surface area contributed by atoms with Gasteiger partial charge in [-0.25, -0.2) is 8.42 Å². The Morgan fingerprint density at radius 1 is 1.21 bits per heavy atom. The Morgan fingerprint density at radius 2 is 1.83 bits per heavy atom. The van der Waals surface area contributed by atoms with E-state index in [9.17, 15) is 13.2 Å². The second kappa shape index (κ2) is 7.91. The van der Waals surface area contributed by atoms with E-state index < -0.39 is 20.7 Å². The number of aryl methyl sites for hydroxylation is 2. The van der Waals surface area contributed by atoms with Gasteiger partial charge in [-0.3, -0.25) is 9.10 Å². The zero-order valence-electron chi connectivity index (χ0n) is 16.9. The number of sulfonamides is 1. The van der Waals surface area contributed by atoms with Gasteiger partial charge in [0.15, 0.2) is 4.75 Å². The smallest absolute Gasteiger partial charge is 0.249 e. The predicted molar refractivity (Wildman–Crippen MR) is 116 cm³/mol. The maximum absolute atomic E-state index is 13.4. The Balaban J connectivity index is 1.83. The molecule has 1 heterocycles. The van der Waals surface area contributed by atoms with Crippen molar-refractivity contribution in [2.24, 2.45) is 0 Å². The van der Waals surface area contributed by atoms with E-state index in [-0.39, 0.29) is 13.0 Å². The molecule has 1 aliphatic heterocycles. The summed E-state index contributed by atoms with van der Waals surface area (Å²) in [7, 11) is -3.88. The van der Waals surface area contributed by atoms with Crippen molar-refractivity contribution in [2.45, 2.75) is 31.9 Å². The Morgan fingerprint density at radius 3 is 2.41 bits per heavy atom. The van der Waals surface area contributed by atoms with Crippen LogP contribution in [0.25, 0.3) is 0 Å². The quantitative estimate of drug-likeness (QED) is 0.730. The molecule has 6 nitrogen and oxygen atoms in total. The maximum Gasteiger partial charge on any atom is 0.249 e. The molecule has 0 spiro atoms. The number of para-hydroxylation sites is 1. The van der Waals surface area contributed by atoms with Gasteiger partial charge in [0.25, 0.3) is 0 Å². The summed E-state index contributed by atoms with van der Waals surface area (Å²) in [4.78, 5) is 13.0. The fourth-order valence-electron chi connectivity index (χ4n) is 3.52. The van der Waals surface area contributed by atoms with Crippen LogP contribution in [0.3, 0.4) is 0 Å². The van der Waals surface area contributed by atoms with Crippen molar-refractivity contribution in [3.63, 3.8) is 0 Å². The minimum atomic E-state index is -3.88. The van der Waals surface area contributed by atoms with E-state index in [0.717, 1.165) is 11.1 Å². The number of benzene rings is 2. The number of hydrogen-bond acceptors (Lipinski definition) is 4. The second-order valence-electron chi connectivity index (χ2n) is 7.38. The fourth-order valence-corrected chi connectivity index (χ4v) is 5.50. The number of hydrogen-bond donors (Lipinski definition) is 1. The average Bonchev–Trinajstić information content (AvgIpc) is 2.92. The van der Waals surface area contributed by atoms with Crippen LogP contribution < -0.4 is 14.4 Å². The van der Waals surface area contributed by atoms with Gasteiger partial charge in [-0.15, -0.1) is 0 Å². The van der Waals surface area contributed by atoms with Crippen molar-refractivity contribution < 1.29 is 17.9 Å². The molecule has 2 aromatic rings. The Kier molecular flexibility index (Phi) is 5.71. The highest BCUT2D eigenvalue weighted by Crippen LogP contribution is 2.40. The van der Waals surface area contributed by atoms with Gasteiger partial charge < -0.3 is 10.1 Å². The number of ether oxygens (including phenoxy) is 1. The Labute approximate surface area is 172 Å². The van der Waals surface area contributed by atoms with E-state index in [4.69, 9.17) is 4.74 Å². The van der Waals surface area contributed by atoms with E-state index in [2.05, 4.69) is 11.9 Å². The first-order valence-corrected chi connectivity index (χ1v) is 10.9. The van der Waals surface area contributed by atoms with E-state index in [0.29, 0.717) is 23.7 Å². The average molecular weight is 415 g/mol. The lowest BCUT2D eigenvalue weighted by atomic mass is 10.1. The number of anilines is 2. The van der Waals surface area contributed by atoms with E-state index in [1.54, 1.807) is 30.3 Å². The topological polar surface area (TPSA) is 75.7 Å². The molecule has 1 amide bonds. The van der Waals surface area contributed by atoms with E-state index in [1.165, 1.54) is 11.2 Å². The summed E-state index contributed by atoms with van der Waals surface area (Å²) in [5, 5.41) is 2.74. The number of carbonyl (C=O) groups is 1. The molecule has 0 aliphatic carbocycles. The van der Waals surface area contributed by atoms with Crippen LogP contribution in [0, 0.1) is 13.8 Å². The molecule has 0 aromatic heterocycles. The maximum atomic E-state index is 13.4. The number of amides is 1. The third kappa shape index (κ3) is 3.74. The summed E-state index contributed by atoms with van der Waals surface area (Å²) < 4.78 is 32.0. The van der Waals surface area contributed by atoms with E-state index >= 15 is 0 Å². The molecule has 7 heteroatoms. The minimum Gasteiger partial charge on any atom is -0.490 e. The number of rotatable bonds is 6. The molecule has 0 radical (unpaired) electrons. The molecule has 1 aliphatic rings. The predicted octanol–water partition coefficient (Wildman–Crippen LogP) is 3.81. The van der Waals surface area contributed by atoms with Crippen LogP contribution in [0.1, 0.15) is 24.5 Å². The van der Waals surface area contributed by atoms with Crippen LogP contribution >= 0.6 is 0 Å². The van der Waals surface area contributed by atoms with Crippen LogP contribution in [0.5, 0.6) is 5.75 Å². The molecule has 3 rings (SSSR count). The first kappa shape index (κ1) is 20.9. The first-order valence-electron chi connectivity index (χ1n) is 9.44. The van der Waals surface area contributed by atoms with Crippen LogP contribution in [0.2, 0.25) is 0 Å². The zero-order chi connectivity index (χ0) is 21.2. The largest absolute Gasteiger partial charge is 0.490 e.